The van der Waals surface area contributed by atoms with Crippen molar-refractivity contribution in [2.24, 2.45) is 7.05 Å². The topological polar surface area (TPSA) is 111 Å². The van der Waals surface area contributed by atoms with E-state index < -0.39 is 23.1 Å². The number of anilines is 1. The van der Waals surface area contributed by atoms with Gasteiger partial charge >= 0.3 is 5.69 Å². The standard InChI is InChI=1S/C24H24N4O5/c1-27-23(31)20-18(12-19(29)25-13-16-9-6-10-17(11-16)33-2)22(30)26-21(20)28(24(27)32)14-15-7-4-3-5-8-15/h3-11,18H,12-14H2,1-2H3,(H,25,29)(H,26,30). The molecule has 1 atom stereocenters. The number of hydrogen-bond acceptors (Lipinski definition) is 5. The minimum atomic E-state index is -0.980. The Morgan fingerprint density at radius 2 is 1.79 bits per heavy atom. The van der Waals surface area contributed by atoms with E-state index in [1.165, 1.54) is 11.6 Å². The zero-order valence-electron chi connectivity index (χ0n) is 18.3. The molecule has 1 aliphatic heterocycles. The van der Waals surface area contributed by atoms with E-state index in [1.54, 1.807) is 19.2 Å². The molecule has 0 fully saturated rings. The Kier molecular flexibility index (Phi) is 6.12. The molecule has 4 rings (SSSR count). The highest BCUT2D eigenvalue weighted by Gasteiger charge is 2.38. The average molecular weight is 448 g/mol. The summed E-state index contributed by atoms with van der Waals surface area (Å²) in [4.78, 5) is 51.0. The molecule has 0 bridgehead atoms. The van der Waals surface area contributed by atoms with E-state index in [0.29, 0.717) is 5.75 Å². The number of fused-ring (bicyclic) bond motifs is 1. The second-order valence-corrected chi connectivity index (χ2v) is 7.85. The van der Waals surface area contributed by atoms with Crippen LogP contribution in [0.2, 0.25) is 0 Å². The van der Waals surface area contributed by atoms with Gasteiger partial charge in [0, 0.05) is 20.0 Å². The van der Waals surface area contributed by atoms with Gasteiger partial charge in [-0.15, -0.1) is 0 Å². The van der Waals surface area contributed by atoms with Gasteiger partial charge in [-0.1, -0.05) is 42.5 Å². The minimum Gasteiger partial charge on any atom is -0.497 e. The Morgan fingerprint density at radius 3 is 2.52 bits per heavy atom. The van der Waals surface area contributed by atoms with Gasteiger partial charge in [0.1, 0.15) is 11.6 Å². The lowest BCUT2D eigenvalue weighted by molar-refractivity contribution is -0.125. The predicted molar refractivity (Wildman–Crippen MR) is 122 cm³/mol. The highest BCUT2D eigenvalue weighted by Crippen LogP contribution is 2.31. The molecule has 170 valence electrons. The number of carbonyl (C=O) groups is 2. The van der Waals surface area contributed by atoms with Crippen molar-refractivity contribution in [1.29, 1.82) is 0 Å². The van der Waals surface area contributed by atoms with Crippen LogP contribution in [0.25, 0.3) is 0 Å². The number of carbonyl (C=O) groups excluding carboxylic acids is 2. The summed E-state index contributed by atoms with van der Waals surface area (Å²) in [5.74, 6) is -1.01. The number of amides is 2. The number of rotatable bonds is 7. The van der Waals surface area contributed by atoms with E-state index in [0.717, 1.165) is 15.7 Å². The molecule has 2 amide bonds. The van der Waals surface area contributed by atoms with Crippen molar-refractivity contribution < 1.29 is 14.3 Å². The lowest BCUT2D eigenvalue weighted by atomic mass is 9.99. The van der Waals surface area contributed by atoms with E-state index in [2.05, 4.69) is 10.6 Å². The number of benzene rings is 2. The van der Waals surface area contributed by atoms with Crippen molar-refractivity contribution in [3.63, 3.8) is 0 Å². The second-order valence-electron chi connectivity index (χ2n) is 7.85. The fourth-order valence-corrected chi connectivity index (χ4v) is 3.92. The maximum absolute atomic E-state index is 12.9. The molecule has 9 heteroatoms. The van der Waals surface area contributed by atoms with Crippen molar-refractivity contribution in [1.82, 2.24) is 14.5 Å². The van der Waals surface area contributed by atoms with Gasteiger partial charge in [0.05, 0.1) is 25.1 Å². The molecule has 0 saturated heterocycles. The van der Waals surface area contributed by atoms with Crippen LogP contribution in [0.4, 0.5) is 5.82 Å². The predicted octanol–water partition coefficient (Wildman–Crippen LogP) is 1.35. The Balaban J connectivity index is 1.58. The molecule has 9 nitrogen and oxygen atoms in total. The van der Waals surface area contributed by atoms with Crippen molar-refractivity contribution in [3.8, 4) is 5.75 Å². The first-order valence-electron chi connectivity index (χ1n) is 10.5. The normalized spacial score (nSPS) is 14.5. The van der Waals surface area contributed by atoms with Gasteiger partial charge in [-0.2, -0.15) is 0 Å². The first-order chi connectivity index (χ1) is 15.9. The van der Waals surface area contributed by atoms with E-state index in [4.69, 9.17) is 4.74 Å². The van der Waals surface area contributed by atoms with Crippen molar-refractivity contribution >= 4 is 17.6 Å². The summed E-state index contributed by atoms with van der Waals surface area (Å²) in [5, 5.41) is 5.43. The summed E-state index contributed by atoms with van der Waals surface area (Å²) < 4.78 is 7.51. The third-order valence-corrected chi connectivity index (χ3v) is 5.68. The second kappa shape index (κ2) is 9.15. The largest absolute Gasteiger partial charge is 0.497 e. The van der Waals surface area contributed by atoms with Crippen LogP contribution in [-0.4, -0.2) is 28.1 Å². The van der Waals surface area contributed by atoms with Crippen LogP contribution in [0.3, 0.4) is 0 Å². The maximum Gasteiger partial charge on any atom is 0.332 e. The molecular formula is C24H24N4O5. The van der Waals surface area contributed by atoms with Gasteiger partial charge in [0.25, 0.3) is 5.56 Å². The van der Waals surface area contributed by atoms with Crippen LogP contribution in [0.1, 0.15) is 29.0 Å². The number of nitrogens with one attached hydrogen (secondary N) is 2. The number of hydrogen-bond donors (Lipinski definition) is 2. The molecule has 0 spiro atoms. The Morgan fingerprint density at radius 1 is 1.06 bits per heavy atom. The van der Waals surface area contributed by atoms with Gasteiger partial charge in [0.2, 0.25) is 11.8 Å². The van der Waals surface area contributed by atoms with Gasteiger partial charge in [-0.05, 0) is 23.3 Å². The molecule has 33 heavy (non-hydrogen) atoms. The summed E-state index contributed by atoms with van der Waals surface area (Å²) in [6.45, 7) is 0.438. The monoisotopic (exact) mass is 448 g/mol. The number of ether oxygens (including phenoxy) is 1. The van der Waals surface area contributed by atoms with Crippen LogP contribution >= 0.6 is 0 Å². The van der Waals surface area contributed by atoms with E-state index in [-0.39, 0.29) is 36.8 Å². The fourth-order valence-electron chi connectivity index (χ4n) is 3.92. The van der Waals surface area contributed by atoms with Crippen LogP contribution in [0, 0.1) is 0 Å². The van der Waals surface area contributed by atoms with E-state index >= 15 is 0 Å². The summed E-state index contributed by atoms with van der Waals surface area (Å²) in [7, 11) is 2.93. The molecule has 3 aromatic rings. The Labute approximate surface area is 189 Å². The van der Waals surface area contributed by atoms with Gasteiger partial charge < -0.3 is 15.4 Å². The third kappa shape index (κ3) is 4.43. The summed E-state index contributed by atoms with van der Waals surface area (Å²) in [6, 6.07) is 16.5. The molecule has 1 aliphatic rings. The molecule has 1 aromatic heterocycles. The number of methoxy groups -OCH3 is 1. The van der Waals surface area contributed by atoms with E-state index in [9.17, 15) is 19.2 Å². The van der Waals surface area contributed by atoms with Crippen LogP contribution in [0.5, 0.6) is 5.75 Å². The first-order valence-corrected chi connectivity index (χ1v) is 10.5. The molecule has 0 aliphatic carbocycles. The number of nitrogens with zero attached hydrogens (tertiary/aromatic N) is 2. The van der Waals surface area contributed by atoms with Crippen molar-refractivity contribution in [2.75, 3.05) is 12.4 Å². The molecule has 1 unspecified atom stereocenters. The Hall–Kier alpha value is -4.14. The SMILES string of the molecule is COc1cccc(CNC(=O)CC2C(=O)Nc3c2c(=O)n(C)c(=O)n3Cc2ccccc2)c1. The lowest BCUT2D eigenvalue weighted by Gasteiger charge is -2.14. The van der Waals surface area contributed by atoms with Crippen LogP contribution in [-0.2, 0) is 29.7 Å². The van der Waals surface area contributed by atoms with E-state index in [1.807, 2.05) is 42.5 Å². The Bertz CT molecular complexity index is 1330. The summed E-state index contributed by atoms with van der Waals surface area (Å²) >= 11 is 0. The summed E-state index contributed by atoms with van der Waals surface area (Å²) in [6.07, 6.45) is -0.207. The third-order valence-electron chi connectivity index (χ3n) is 5.68. The molecule has 0 radical (unpaired) electrons. The minimum absolute atomic E-state index is 0.134. The maximum atomic E-state index is 12.9. The number of aromatic nitrogens is 2. The molecule has 2 heterocycles. The van der Waals surface area contributed by atoms with Crippen LogP contribution in [0.15, 0.2) is 64.2 Å². The van der Waals surface area contributed by atoms with Gasteiger partial charge in [-0.3, -0.25) is 23.5 Å². The fraction of sp³-hybridized carbons (Fsp3) is 0.250. The molecule has 0 saturated carbocycles. The highest BCUT2D eigenvalue weighted by molar-refractivity contribution is 6.04. The molecular weight excluding hydrogens is 424 g/mol. The zero-order chi connectivity index (χ0) is 23.5. The highest BCUT2D eigenvalue weighted by atomic mass is 16.5. The zero-order valence-corrected chi connectivity index (χ0v) is 18.3. The average Bonchev–Trinajstić information content (AvgIpc) is 3.15. The van der Waals surface area contributed by atoms with Crippen molar-refractivity contribution in [2.45, 2.75) is 25.4 Å². The van der Waals surface area contributed by atoms with Gasteiger partial charge in [0.15, 0.2) is 0 Å². The van der Waals surface area contributed by atoms with Gasteiger partial charge in [-0.25, -0.2) is 4.79 Å². The van der Waals surface area contributed by atoms with Crippen molar-refractivity contribution in [3.05, 3.63) is 92.1 Å². The molecule has 2 N–H and O–H groups in total. The van der Waals surface area contributed by atoms with Crippen LogP contribution < -0.4 is 26.6 Å². The first kappa shape index (κ1) is 22.1. The smallest absolute Gasteiger partial charge is 0.332 e. The molecule has 2 aromatic carbocycles. The quantitative estimate of drug-likeness (QED) is 0.567. The lowest BCUT2D eigenvalue weighted by Crippen LogP contribution is -2.40. The summed E-state index contributed by atoms with van der Waals surface area (Å²) in [5.41, 5.74) is 0.699.